The molecule has 1 amide bonds. The van der Waals surface area contributed by atoms with Crippen LogP contribution in [0.1, 0.15) is 19.6 Å². The summed E-state index contributed by atoms with van der Waals surface area (Å²) >= 11 is 12.3. The summed E-state index contributed by atoms with van der Waals surface area (Å²) in [6.07, 6.45) is 0.143. The van der Waals surface area contributed by atoms with Crippen LogP contribution in [0.4, 0.5) is 4.79 Å². The SMILES string of the molecule is CCOC(=O)Cn1c2c(c3cc(Cl)c(Cl)cc31)CCN(C(=O)O)CC2.[H-].[Na+]. The standard InChI is InChI=1S/C17H18Cl2N2O4.Na.H/c1-2-25-16(22)9-21-14-4-6-20(17(23)24)5-3-10(14)11-7-12(18)13(19)8-15(11)21;;/h7-8H,2-6,9H2,1H3,(H,23,24);;/q;+1;-1. The van der Waals surface area contributed by atoms with Gasteiger partial charge in [0.25, 0.3) is 0 Å². The number of hydrogen-bond donors (Lipinski definition) is 1. The van der Waals surface area contributed by atoms with Gasteiger partial charge in [0.2, 0.25) is 0 Å². The summed E-state index contributed by atoms with van der Waals surface area (Å²) in [5.41, 5.74) is 2.77. The fraction of sp³-hybridized carbons (Fsp3) is 0.412. The summed E-state index contributed by atoms with van der Waals surface area (Å²) in [5.74, 6) is -0.340. The van der Waals surface area contributed by atoms with Crippen molar-refractivity contribution in [1.29, 1.82) is 0 Å². The first-order chi connectivity index (χ1) is 11.9. The molecule has 0 fully saturated rings. The zero-order valence-corrected chi connectivity index (χ0v) is 18.2. The maximum absolute atomic E-state index is 12.0. The molecule has 1 aliphatic rings. The van der Waals surface area contributed by atoms with Gasteiger partial charge in [0.05, 0.1) is 22.2 Å². The van der Waals surface area contributed by atoms with Gasteiger partial charge in [-0.1, -0.05) is 23.2 Å². The Bertz CT molecular complexity index is 859. The summed E-state index contributed by atoms with van der Waals surface area (Å²) in [5, 5.41) is 11.0. The monoisotopic (exact) mass is 408 g/mol. The Labute approximate surface area is 184 Å². The van der Waals surface area contributed by atoms with E-state index in [1.807, 2.05) is 4.57 Å². The topological polar surface area (TPSA) is 71.8 Å². The van der Waals surface area contributed by atoms with Gasteiger partial charge in [0.15, 0.2) is 0 Å². The largest absolute Gasteiger partial charge is 1.00 e. The second-order valence-corrected chi connectivity index (χ2v) is 6.68. The first kappa shape index (κ1) is 21.4. The van der Waals surface area contributed by atoms with E-state index in [9.17, 15) is 14.7 Å². The number of fused-ring (bicyclic) bond motifs is 3. The van der Waals surface area contributed by atoms with Crippen molar-refractivity contribution < 1.29 is 50.4 Å². The first-order valence-electron chi connectivity index (χ1n) is 8.04. The molecule has 136 valence electrons. The van der Waals surface area contributed by atoms with Crippen molar-refractivity contribution in [3.8, 4) is 0 Å². The van der Waals surface area contributed by atoms with Gasteiger partial charge in [-0.25, -0.2) is 4.79 Å². The molecule has 1 aromatic heterocycles. The van der Waals surface area contributed by atoms with Crippen LogP contribution >= 0.6 is 23.2 Å². The molecule has 1 aliphatic heterocycles. The minimum Gasteiger partial charge on any atom is -1.00 e. The molecule has 2 aromatic rings. The number of hydrogen-bond acceptors (Lipinski definition) is 3. The summed E-state index contributed by atoms with van der Waals surface area (Å²) in [6.45, 7) is 2.90. The van der Waals surface area contributed by atoms with Crippen LogP contribution in [0.2, 0.25) is 10.0 Å². The predicted molar refractivity (Wildman–Crippen MR) is 96.7 cm³/mol. The maximum Gasteiger partial charge on any atom is 1.00 e. The predicted octanol–water partition coefficient (Wildman–Crippen LogP) is 0.706. The Kier molecular flexibility index (Phi) is 7.27. The van der Waals surface area contributed by atoms with Crippen molar-refractivity contribution in [2.45, 2.75) is 26.3 Å². The van der Waals surface area contributed by atoms with E-state index in [1.54, 1.807) is 19.1 Å². The molecule has 0 saturated heterocycles. The molecule has 0 aliphatic carbocycles. The zero-order chi connectivity index (χ0) is 18.1. The fourth-order valence-corrected chi connectivity index (χ4v) is 3.66. The van der Waals surface area contributed by atoms with Gasteiger partial charge < -0.3 is 20.7 Å². The second kappa shape index (κ2) is 8.85. The number of ether oxygens (including phenoxy) is 1. The molecule has 6 nitrogen and oxygen atoms in total. The molecule has 2 heterocycles. The van der Waals surface area contributed by atoms with Crippen molar-refractivity contribution in [2.24, 2.45) is 0 Å². The van der Waals surface area contributed by atoms with Crippen molar-refractivity contribution in [3.05, 3.63) is 33.4 Å². The molecule has 0 bridgehead atoms. The van der Waals surface area contributed by atoms with Crippen LogP contribution in [0.5, 0.6) is 0 Å². The van der Waals surface area contributed by atoms with Gasteiger partial charge in [0, 0.05) is 30.6 Å². The average Bonchev–Trinajstić information content (AvgIpc) is 2.72. The van der Waals surface area contributed by atoms with Gasteiger partial charge >= 0.3 is 41.6 Å². The Morgan fingerprint density at radius 1 is 1.23 bits per heavy atom. The number of halogens is 2. The number of benzene rings is 1. The third-order valence-corrected chi connectivity index (χ3v) is 5.16. The van der Waals surface area contributed by atoms with E-state index in [-0.39, 0.29) is 43.5 Å². The number of nitrogens with zero attached hydrogens (tertiary/aromatic N) is 2. The van der Waals surface area contributed by atoms with Crippen LogP contribution in [0.15, 0.2) is 12.1 Å². The second-order valence-electron chi connectivity index (χ2n) is 5.87. The Morgan fingerprint density at radius 3 is 2.54 bits per heavy atom. The molecule has 0 spiro atoms. The third-order valence-electron chi connectivity index (χ3n) is 4.44. The number of rotatable bonds is 3. The van der Waals surface area contributed by atoms with Crippen LogP contribution in [-0.4, -0.2) is 46.3 Å². The van der Waals surface area contributed by atoms with Crippen LogP contribution in [-0.2, 0) is 28.9 Å². The van der Waals surface area contributed by atoms with Crippen LogP contribution in [0.25, 0.3) is 10.9 Å². The summed E-state index contributed by atoms with van der Waals surface area (Å²) in [7, 11) is 0. The average molecular weight is 409 g/mol. The van der Waals surface area contributed by atoms with Gasteiger partial charge in [-0.15, -0.1) is 0 Å². The minimum atomic E-state index is -0.938. The summed E-state index contributed by atoms with van der Waals surface area (Å²) in [4.78, 5) is 24.7. The van der Waals surface area contributed by atoms with E-state index in [0.717, 1.165) is 22.2 Å². The molecule has 9 heteroatoms. The summed E-state index contributed by atoms with van der Waals surface area (Å²) < 4.78 is 6.95. The molecular formula is C17H19Cl2N2NaO4. The molecule has 26 heavy (non-hydrogen) atoms. The Hall–Kier alpha value is -0.920. The number of aromatic nitrogens is 1. The van der Waals surface area contributed by atoms with Crippen molar-refractivity contribution in [3.63, 3.8) is 0 Å². The quantitative estimate of drug-likeness (QED) is 0.599. The maximum atomic E-state index is 12.0. The molecule has 0 saturated carbocycles. The van der Waals surface area contributed by atoms with Gasteiger partial charge in [-0.05, 0) is 31.0 Å². The molecule has 0 unspecified atom stereocenters. The molecular weight excluding hydrogens is 390 g/mol. The Morgan fingerprint density at radius 2 is 1.88 bits per heavy atom. The molecule has 1 N–H and O–H groups in total. The fourth-order valence-electron chi connectivity index (χ4n) is 3.34. The number of amides is 1. The Balaban J connectivity index is 0.00000182. The van der Waals surface area contributed by atoms with E-state index in [0.29, 0.717) is 42.6 Å². The first-order valence-corrected chi connectivity index (χ1v) is 8.80. The zero-order valence-electron chi connectivity index (χ0n) is 15.7. The van der Waals surface area contributed by atoms with Crippen molar-refractivity contribution in [2.75, 3.05) is 19.7 Å². The van der Waals surface area contributed by atoms with Crippen molar-refractivity contribution in [1.82, 2.24) is 9.47 Å². The molecule has 0 atom stereocenters. The molecule has 1 aromatic carbocycles. The third kappa shape index (κ3) is 4.15. The van der Waals surface area contributed by atoms with Gasteiger partial charge in [0.1, 0.15) is 6.54 Å². The van der Waals surface area contributed by atoms with E-state index in [2.05, 4.69) is 0 Å². The van der Waals surface area contributed by atoms with E-state index in [4.69, 9.17) is 27.9 Å². The van der Waals surface area contributed by atoms with Crippen LogP contribution < -0.4 is 29.6 Å². The van der Waals surface area contributed by atoms with E-state index < -0.39 is 6.09 Å². The van der Waals surface area contributed by atoms with E-state index in [1.165, 1.54) is 4.90 Å². The van der Waals surface area contributed by atoms with Crippen LogP contribution in [0.3, 0.4) is 0 Å². The minimum absolute atomic E-state index is 0. The van der Waals surface area contributed by atoms with Crippen LogP contribution in [0, 0.1) is 0 Å². The number of carboxylic acid groups (broad SMARTS) is 1. The number of esters is 1. The normalized spacial score (nSPS) is 13.7. The smallest absolute Gasteiger partial charge is 1.00 e. The van der Waals surface area contributed by atoms with Crippen molar-refractivity contribution >= 4 is 46.2 Å². The van der Waals surface area contributed by atoms with Gasteiger partial charge in [-0.3, -0.25) is 4.79 Å². The van der Waals surface area contributed by atoms with Gasteiger partial charge in [-0.2, -0.15) is 0 Å². The van der Waals surface area contributed by atoms with E-state index >= 15 is 0 Å². The molecule has 0 radical (unpaired) electrons. The summed E-state index contributed by atoms with van der Waals surface area (Å²) in [6, 6.07) is 3.54. The number of carbonyl (C=O) groups is 2. The number of carbonyl (C=O) groups excluding carboxylic acids is 1. The molecule has 3 rings (SSSR count).